The second kappa shape index (κ2) is 8.43. The average molecular weight is 404 g/mol. The Balaban J connectivity index is 1.94. The lowest BCUT2D eigenvalue weighted by Gasteiger charge is -2.34. The Labute approximate surface area is 164 Å². The van der Waals surface area contributed by atoms with Crippen LogP contribution in [0.1, 0.15) is 50.0 Å². The molecule has 1 N–H and O–H groups in total. The zero-order chi connectivity index (χ0) is 20.3. The number of nitrogens with zero attached hydrogens (tertiary/aromatic N) is 1. The van der Waals surface area contributed by atoms with E-state index in [0.29, 0.717) is 24.5 Å². The molecule has 3 rings (SSSR count). The second-order valence-corrected chi connectivity index (χ2v) is 9.32. The Bertz CT molecular complexity index is 867. The normalized spacial score (nSPS) is 23.4. The highest BCUT2D eigenvalue weighted by atomic mass is 31.2. The highest BCUT2D eigenvalue weighted by Crippen LogP contribution is 2.63. The summed E-state index contributed by atoms with van der Waals surface area (Å²) < 4.78 is 24.8. The number of hydrogen-bond donors (Lipinski definition) is 1. The predicted molar refractivity (Wildman–Crippen MR) is 109 cm³/mol. The minimum Gasteiger partial charge on any atom is -0.368 e. The van der Waals surface area contributed by atoms with E-state index in [1.165, 1.54) is 17.7 Å². The number of benzene rings is 2. The van der Waals surface area contributed by atoms with Gasteiger partial charge in [0.1, 0.15) is 0 Å². The maximum absolute atomic E-state index is 13.5. The first-order chi connectivity index (χ1) is 13.3. The third kappa shape index (κ3) is 4.61. The summed E-state index contributed by atoms with van der Waals surface area (Å²) in [5.41, 5.74) is 2.55. The lowest BCUT2D eigenvalue weighted by molar-refractivity contribution is -0.384. The number of nitrogens with one attached hydrogen (secondary N) is 1. The van der Waals surface area contributed by atoms with Crippen LogP contribution in [0.15, 0.2) is 48.5 Å². The van der Waals surface area contributed by atoms with Gasteiger partial charge in [0.2, 0.25) is 0 Å². The number of rotatable bonds is 6. The van der Waals surface area contributed by atoms with Gasteiger partial charge >= 0.3 is 7.60 Å². The van der Waals surface area contributed by atoms with Gasteiger partial charge in [-0.05, 0) is 54.7 Å². The summed E-state index contributed by atoms with van der Waals surface area (Å²) in [6.45, 7) is 6.44. The second-order valence-electron chi connectivity index (χ2n) is 7.25. The summed E-state index contributed by atoms with van der Waals surface area (Å²) in [6, 6.07) is 13.8. The molecular weight excluding hydrogens is 379 g/mol. The SMILES string of the molecule is CC(C)c1ccc(N[C@@H](c2ccc([N+](=O)[O-])cc2)[P@]2(=O)OCC[C@@H](C)O2)cc1. The van der Waals surface area contributed by atoms with Crippen molar-refractivity contribution in [3.05, 3.63) is 69.8 Å². The molecule has 0 spiro atoms. The van der Waals surface area contributed by atoms with Crippen molar-refractivity contribution in [2.45, 2.75) is 45.0 Å². The molecule has 8 heteroatoms. The van der Waals surface area contributed by atoms with Gasteiger partial charge in [-0.3, -0.25) is 14.7 Å². The summed E-state index contributed by atoms with van der Waals surface area (Å²) in [5, 5.41) is 14.2. The van der Waals surface area contributed by atoms with Gasteiger partial charge in [-0.15, -0.1) is 0 Å². The molecule has 3 atom stereocenters. The number of non-ortho nitro benzene ring substituents is 1. The first-order valence-corrected chi connectivity index (χ1v) is 10.9. The molecule has 1 aliphatic heterocycles. The van der Waals surface area contributed by atoms with Crippen molar-refractivity contribution in [2.75, 3.05) is 11.9 Å². The topological polar surface area (TPSA) is 90.7 Å². The van der Waals surface area contributed by atoms with Crippen molar-refractivity contribution < 1.29 is 18.5 Å². The van der Waals surface area contributed by atoms with E-state index < -0.39 is 18.3 Å². The maximum atomic E-state index is 13.5. The minimum absolute atomic E-state index is 0.0269. The monoisotopic (exact) mass is 404 g/mol. The summed E-state index contributed by atoms with van der Waals surface area (Å²) in [4.78, 5) is 10.5. The molecule has 7 nitrogen and oxygen atoms in total. The highest BCUT2D eigenvalue weighted by molar-refractivity contribution is 7.54. The van der Waals surface area contributed by atoms with Crippen molar-refractivity contribution in [3.63, 3.8) is 0 Å². The Kier molecular flexibility index (Phi) is 6.18. The van der Waals surface area contributed by atoms with Crippen LogP contribution < -0.4 is 5.32 Å². The fraction of sp³-hybridized carbons (Fsp3) is 0.400. The first-order valence-electron chi connectivity index (χ1n) is 9.32. The molecule has 0 bridgehead atoms. The predicted octanol–water partition coefficient (Wildman–Crippen LogP) is 5.85. The maximum Gasteiger partial charge on any atom is 0.357 e. The summed E-state index contributed by atoms with van der Waals surface area (Å²) >= 11 is 0. The lowest BCUT2D eigenvalue weighted by Crippen LogP contribution is -2.23. The molecule has 2 aromatic carbocycles. The fourth-order valence-electron chi connectivity index (χ4n) is 3.06. The molecular formula is C20H25N2O5P. The smallest absolute Gasteiger partial charge is 0.357 e. The van der Waals surface area contributed by atoms with Gasteiger partial charge in [-0.25, -0.2) is 0 Å². The van der Waals surface area contributed by atoms with Gasteiger partial charge in [-0.2, -0.15) is 0 Å². The number of hydrogen-bond acceptors (Lipinski definition) is 6. The Morgan fingerprint density at radius 2 is 1.71 bits per heavy atom. The Morgan fingerprint density at radius 1 is 1.11 bits per heavy atom. The van der Waals surface area contributed by atoms with Crippen molar-refractivity contribution in [1.82, 2.24) is 0 Å². The van der Waals surface area contributed by atoms with Gasteiger partial charge in [0, 0.05) is 17.8 Å². The van der Waals surface area contributed by atoms with Crippen LogP contribution in [0.25, 0.3) is 0 Å². The average Bonchev–Trinajstić information content (AvgIpc) is 2.66. The molecule has 0 radical (unpaired) electrons. The summed E-state index contributed by atoms with van der Waals surface area (Å²) in [7, 11) is -3.52. The van der Waals surface area contributed by atoms with Gasteiger partial charge in [0.15, 0.2) is 5.78 Å². The lowest BCUT2D eigenvalue weighted by atomic mass is 10.0. The molecule has 0 saturated carbocycles. The van der Waals surface area contributed by atoms with E-state index in [9.17, 15) is 14.7 Å². The van der Waals surface area contributed by atoms with Crippen molar-refractivity contribution >= 4 is 19.0 Å². The standard InChI is InChI=1S/C20H25N2O5P/c1-14(2)16-4-8-18(9-5-16)21-20(28(25)26-13-12-15(3)27-28)17-6-10-19(11-7-17)22(23)24/h4-11,14-15,20-21H,12-13H2,1-3H3/t15-,20-,28+/m1/s1. The third-order valence-electron chi connectivity index (χ3n) is 4.74. The molecule has 0 aromatic heterocycles. The van der Waals surface area contributed by atoms with Crippen LogP contribution in [0.2, 0.25) is 0 Å². The van der Waals surface area contributed by atoms with Crippen LogP contribution in [0.3, 0.4) is 0 Å². The van der Waals surface area contributed by atoms with Gasteiger partial charge in [-0.1, -0.05) is 26.0 Å². The third-order valence-corrected chi connectivity index (χ3v) is 6.99. The summed E-state index contributed by atoms with van der Waals surface area (Å²) in [5.74, 6) is -0.357. The van der Waals surface area contributed by atoms with E-state index in [1.807, 2.05) is 31.2 Å². The molecule has 0 unspecified atom stereocenters. The van der Waals surface area contributed by atoms with Crippen LogP contribution in [0.5, 0.6) is 0 Å². The van der Waals surface area contributed by atoms with Crippen LogP contribution in [-0.4, -0.2) is 17.6 Å². The van der Waals surface area contributed by atoms with Crippen molar-refractivity contribution in [3.8, 4) is 0 Å². The van der Waals surface area contributed by atoms with Crippen LogP contribution in [0.4, 0.5) is 11.4 Å². The van der Waals surface area contributed by atoms with Crippen LogP contribution in [-0.2, 0) is 13.6 Å². The molecule has 0 amide bonds. The Hall–Kier alpha value is -2.21. The minimum atomic E-state index is -3.52. The van der Waals surface area contributed by atoms with Gasteiger partial charge in [0.05, 0.1) is 17.6 Å². The van der Waals surface area contributed by atoms with E-state index >= 15 is 0 Å². The fourth-order valence-corrected chi connectivity index (χ4v) is 5.20. The van der Waals surface area contributed by atoms with E-state index in [0.717, 1.165) is 5.69 Å². The summed E-state index contributed by atoms with van der Waals surface area (Å²) in [6.07, 6.45) is 0.477. The number of nitro benzene ring substituents is 1. The Morgan fingerprint density at radius 3 is 2.25 bits per heavy atom. The number of anilines is 1. The van der Waals surface area contributed by atoms with E-state index in [1.54, 1.807) is 12.1 Å². The zero-order valence-electron chi connectivity index (χ0n) is 16.2. The molecule has 1 heterocycles. The molecule has 1 fully saturated rings. The van der Waals surface area contributed by atoms with Gasteiger partial charge < -0.3 is 14.4 Å². The molecule has 2 aromatic rings. The molecule has 1 aliphatic rings. The molecule has 150 valence electrons. The van der Waals surface area contributed by atoms with Crippen LogP contribution >= 0.6 is 7.60 Å². The molecule has 0 aliphatic carbocycles. The number of nitro groups is 1. The highest BCUT2D eigenvalue weighted by Gasteiger charge is 2.41. The first kappa shape index (κ1) is 20.5. The zero-order valence-corrected chi connectivity index (χ0v) is 17.1. The largest absolute Gasteiger partial charge is 0.368 e. The van der Waals surface area contributed by atoms with E-state index in [2.05, 4.69) is 19.2 Å². The van der Waals surface area contributed by atoms with Crippen molar-refractivity contribution in [1.29, 1.82) is 0 Å². The molecule has 28 heavy (non-hydrogen) atoms. The van der Waals surface area contributed by atoms with Crippen molar-refractivity contribution in [2.24, 2.45) is 0 Å². The van der Waals surface area contributed by atoms with Gasteiger partial charge in [0.25, 0.3) is 5.69 Å². The molecule has 1 saturated heterocycles. The van der Waals surface area contributed by atoms with E-state index in [-0.39, 0.29) is 11.8 Å². The quantitative estimate of drug-likeness (QED) is 0.369. The van der Waals surface area contributed by atoms with Crippen LogP contribution in [0, 0.1) is 10.1 Å². The van der Waals surface area contributed by atoms with E-state index in [4.69, 9.17) is 9.05 Å².